The molecule has 2 aromatic carbocycles. The molecule has 0 aliphatic carbocycles. The largest absolute Gasteiger partial charge is 0.416 e. The fourth-order valence-electron chi connectivity index (χ4n) is 3.62. The first-order valence-corrected chi connectivity index (χ1v) is 13.1. The second-order valence-corrected chi connectivity index (χ2v) is 10.9. The van der Waals surface area contributed by atoms with Gasteiger partial charge in [0.2, 0.25) is 5.95 Å². The lowest BCUT2D eigenvalue weighted by molar-refractivity contribution is -0.137. The standard InChI is InChI=1S/C25H21F4N5O4S/c26-21-4-3-15(1-2-16-13-31-24(30)32-14-16)9-20(21)22(35)33-19-11-17(10-18(12-19)25(27,28)29)23(36)34-5-7-39(37,38)8-6-34/h3-4,9-14,37-38H,5-8H2,(H,33,35)(H2,30,31,32). The fraction of sp³-hybridized carbons (Fsp3) is 0.200. The van der Waals surface area contributed by atoms with Gasteiger partial charge in [0.25, 0.3) is 11.8 Å². The Morgan fingerprint density at radius 3 is 2.28 bits per heavy atom. The Bertz CT molecular complexity index is 1480. The van der Waals surface area contributed by atoms with E-state index in [9.17, 15) is 36.3 Å². The van der Waals surface area contributed by atoms with Crippen molar-refractivity contribution >= 4 is 34.0 Å². The van der Waals surface area contributed by atoms with E-state index >= 15 is 0 Å². The van der Waals surface area contributed by atoms with Crippen LogP contribution in [-0.4, -0.2) is 60.4 Å². The molecule has 5 N–H and O–H groups in total. The van der Waals surface area contributed by atoms with Gasteiger partial charge >= 0.3 is 6.18 Å². The highest BCUT2D eigenvalue weighted by molar-refractivity contribution is 8.24. The Labute approximate surface area is 221 Å². The first kappa shape index (κ1) is 27.8. The molecule has 2 heterocycles. The van der Waals surface area contributed by atoms with Crippen molar-refractivity contribution in [1.82, 2.24) is 14.9 Å². The van der Waals surface area contributed by atoms with Crippen molar-refractivity contribution in [3.05, 3.63) is 82.4 Å². The topological polar surface area (TPSA) is 142 Å². The minimum Gasteiger partial charge on any atom is -0.368 e. The number of anilines is 2. The van der Waals surface area contributed by atoms with Crippen molar-refractivity contribution in [2.75, 3.05) is 35.6 Å². The van der Waals surface area contributed by atoms with E-state index in [0.29, 0.717) is 17.7 Å². The number of hydrogen-bond acceptors (Lipinski definition) is 7. The van der Waals surface area contributed by atoms with Gasteiger partial charge in [-0.25, -0.2) is 14.4 Å². The third-order valence-corrected chi connectivity index (χ3v) is 7.34. The number of nitrogen functional groups attached to an aromatic ring is 1. The van der Waals surface area contributed by atoms with Crippen molar-refractivity contribution in [3.8, 4) is 11.8 Å². The van der Waals surface area contributed by atoms with Gasteiger partial charge in [0.15, 0.2) is 0 Å². The van der Waals surface area contributed by atoms with E-state index < -0.39 is 45.5 Å². The molecule has 2 amide bonds. The Morgan fingerprint density at radius 1 is 1.00 bits per heavy atom. The molecule has 1 aliphatic rings. The summed E-state index contributed by atoms with van der Waals surface area (Å²) < 4.78 is 74.7. The average Bonchev–Trinajstić information content (AvgIpc) is 2.88. The van der Waals surface area contributed by atoms with Crippen LogP contribution in [0.2, 0.25) is 0 Å². The van der Waals surface area contributed by atoms with Crippen LogP contribution < -0.4 is 11.1 Å². The summed E-state index contributed by atoms with van der Waals surface area (Å²) in [6.45, 7) is -0.110. The van der Waals surface area contributed by atoms with Crippen LogP contribution in [-0.2, 0) is 6.18 Å². The quantitative estimate of drug-likeness (QED) is 0.278. The van der Waals surface area contributed by atoms with Crippen LogP contribution in [0.25, 0.3) is 0 Å². The number of carbonyl (C=O) groups is 2. The molecule has 3 aromatic rings. The predicted octanol–water partition coefficient (Wildman–Crippen LogP) is 4.08. The van der Waals surface area contributed by atoms with Crippen molar-refractivity contribution < 1.29 is 36.3 Å². The summed E-state index contributed by atoms with van der Waals surface area (Å²) in [6, 6.07) is 5.74. The van der Waals surface area contributed by atoms with Crippen LogP contribution in [0.15, 0.2) is 48.8 Å². The third kappa shape index (κ3) is 7.02. The maximum Gasteiger partial charge on any atom is 0.416 e. The van der Waals surface area contributed by atoms with Crippen LogP contribution in [0.1, 0.15) is 37.4 Å². The number of nitrogens with two attached hydrogens (primary N) is 1. The lowest BCUT2D eigenvalue weighted by Crippen LogP contribution is -2.42. The first-order chi connectivity index (χ1) is 18.3. The van der Waals surface area contributed by atoms with E-state index in [2.05, 4.69) is 27.1 Å². The minimum absolute atomic E-state index is 0.0509. The average molecular weight is 564 g/mol. The van der Waals surface area contributed by atoms with Crippen LogP contribution in [0.3, 0.4) is 0 Å². The molecule has 0 unspecified atom stereocenters. The number of alkyl halides is 3. The van der Waals surface area contributed by atoms with E-state index in [-0.39, 0.29) is 47.4 Å². The molecular weight excluding hydrogens is 542 g/mol. The lowest BCUT2D eigenvalue weighted by atomic mass is 10.1. The van der Waals surface area contributed by atoms with Crippen LogP contribution in [0.5, 0.6) is 0 Å². The molecule has 39 heavy (non-hydrogen) atoms. The fourth-order valence-corrected chi connectivity index (χ4v) is 4.85. The van der Waals surface area contributed by atoms with E-state index in [1.165, 1.54) is 23.4 Å². The summed E-state index contributed by atoms with van der Waals surface area (Å²) >= 11 is 0. The monoisotopic (exact) mass is 563 g/mol. The number of carbonyl (C=O) groups excluding carboxylic acids is 2. The SMILES string of the molecule is Nc1ncc(C#Cc2ccc(F)c(C(=O)Nc3cc(C(=O)N4CCS(O)(O)CC4)cc(C(F)(F)F)c3)c2)cn1. The number of nitrogens with zero attached hydrogens (tertiary/aromatic N) is 3. The van der Waals surface area contributed by atoms with Gasteiger partial charge in [-0.15, -0.1) is 0 Å². The zero-order valence-corrected chi connectivity index (χ0v) is 20.8. The highest BCUT2D eigenvalue weighted by atomic mass is 32.3. The third-order valence-electron chi connectivity index (χ3n) is 5.66. The Balaban J connectivity index is 1.59. The Morgan fingerprint density at radius 2 is 1.64 bits per heavy atom. The van der Waals surface area contributed by atoms with E-state index in [0.717, 1.165) is 18.2 Å². The number of rotatable bonds is 3. The maximum atomic E-state index is 14.5. The molecule has 0 saturated carbocycles. The highest BCUT2D eigenvalue weighted by Gasteiger charge is 2.33. The van der Waals surface area contributed by atoms with Crippen molar-refractivity contribution in [3.63, 3.8) is 0 Å². The molecule has 0 spiro atoms. The van der Waals surface area contributed by atoms with Crippen molar-refractivity contribution in [2.45, 2.75) is 6.18 Å². The molecule has 9 nitrogen and oxygen atoms in total. The molecule has 14 heteroatoms. The number of benzene rings is 2. The van der Waals surface area contributed by atoms with Gasteiger partial charge in [-0.05, 0) is 36.4 Å². The smallest absolute Gasteiger partial charge is 0.368 e. The Hall–Kier alpha value is -4.19. The number of aromatic nitrogens is 2. The van der Waals surface area contributed by atoms with Crippen molar-refractivity contribution in [1.29, 1.82) is 0 Å². The summed E-state index contributed by atoms with van der Waals surface area (Å²) in [7, 11) is -2.83. The predicted molar refractivity (Wildman–Crippen MR) is 137 cm³/mol. The highest BCUT2D eigenvalue weighted by Crippen LogP contribution is 2.40. The van der Waals surface area contributed by atoms with E-state index in [4.69, 9.17) is 5.73 Å². The zero-order chi connectivity index (χ0) is 28.4. The molecule has 1 aromatic heterocycles. The van der Waals surface area contributed by atoms with Crippen LogP contribution in [0.4, 0.5) is 29.2 Å². The lowest BCUT2D eigenvalue weighted by Gasteiger charge is -2.41. The maximum absolute atomic E-state index is 14.5. The second kappa shape index (κ2) is 10.9. The van der Waals surface area contributed by atoms with Gasteiger partial charge in [-0.3, -0.25) is 18.7 Å². The molecule has 4 rings (SSSR count). The van der Waals surface area contributed by atoms with Gasteiger partial charge in [-0.1, -0.05) is 11.8 Å². The first-order valence-electron chi connectivity index (χ1n) is 11.3. The summed E-state index contributed by atoms with van der Waals surface area (Å²) in [4.78, 5) is 34.5. The normalized spacial score (nSPS) is 15.6. The minimum atomic E-state index is -4.85. The van der Waals surface area contributed by atoms with E-state index in [1.807, 2.05) is 0 Å². The number of nitrogens with one attached hydrogen (secondary N) is 1. The van der Waals surface area contributed by atoms with Gasteiger partial charge in [0, 0.05) is 42.3 Å². The molecule has 0 bridgehead atoms. The van der Waals surface area contributed by atoms with Crippen LogP contribution >= 0.6 is 10.6 Å². The van der Waals surface area contributed by atoms with Crippen LogP contribution in [0, 0.1) is 17.7 Å². The summed E-state index contributed by atoms with van der Waals surface area (Å²) in [6.07, 6.45) is -2.11. The zero-order valence-electron chi connectivity index (χ0n) is 20.0. The molecule has 1 aliphatic heterocycles. The van der Waals surface area contributed by atoms with Gasteiger partial charge in [0.1, 0.15) is 5.82 Å². The number of amides is 2. The molecule has 0 atom stereocenters. The van der Waals surface area contributed by atoms with Gasteiger partial charge < -0.3 is 16.0 Å². The summed E-state index contributed by atoms with van der Waals surface area (Å²) in [5.41, 5.74) is 3.62. The Kier molecular flexibility index (Phi) is 7.77. The summed E-state index contributed by atoms with van der Waals surface area (Å²) in [5.74, 6) is 2.53. The molecule has 1 fully saturated rings. The number of hydrogen-bond donors (Lipinski definition) is 4. The second-order valence-electron chi connectivity index (χ2n) is 8.53. The van der Waals surface area contributed by atoms with Gasteiger partial charge in [-0.2, -0.15) is 23.8 Å². The molecular formula is C25H21F4N5O4S. The van der Waals surface area contributed by atoms with Gasteiger partial charge in [0.05, 0.1) is 28.2 Å². The summed E-state index contributed by atoms with van der Waals surface area (Å²) in [5, 5.41) is 2.22. The van der Waals surface area contributed by atoms with E-state index in [1.54, 1.807) is 0 Å². The molecule has 0 radical (unpaired) electrons. The molecule has 204 valence electrons. The van der Waals surface area contributed by atoms with Crippen molar-refractivity contribution in [2.24, 2.45) is 0 Å². The molecule has 1 saturated heterocycles. The number of halogens is 4.